The Balaban J connectivity index is 2.21. The molecule has 2 rings (SSSR count). The average molecular weight is 228 g/mol. The Labute approximate surface area is 101 Å². The van der Waals surface area contributed by atoms with Gasteiger partial charge in [-0.05, 0) is 25.0 Å². The van der Waals surface area contributed by atoms with Crippen molar-refractivity contribution < 1.29 is 4.79 Å². The Kier molecular flexibility index (Phi) is 3.09. The van der Waals surface area contributed by atoms with E-state index >= 15 is 0 Å². The summed E-state index contributed by atoms with van der Waals surface area (Å²) in [7, 11) is 1.86. The minimum absolute atomic E-state index is 0.0688. The number of ketones is 1. The lowest BCUT2D eigenvalue weighted by Crippen LogP contribution is -2.05. The quantitative estimate of drug-likeness (QED) is 0.756. The third-order valence-electron chi connectivity index (χ3n) is 2.85. The number of imidazole rings is 1. The van der Waals surface area contributed by atoms with Gasteiger partial charge < -0.3 is 4.57 Å². The lowest BCUT2D eigenvalue weighted by Gasteiger charge is -2.05. The molecule has 0 aliphatic heterocycles. The van der Waals surface area contributed by atoms with Crippen molar-refractivity contribution in [3.8, 4) is 0 Å². The lowest BCUT2D eigenvalue weighted by atomic mass is 10.00. The standard InChI is InChI=1S/C14H16N2O/c1-10-4-5-11(2)12(6-10)7-14(17)13-8-16(3)9-15-13/h4-6,8-9H,7H2,1-3H3. The van der Waals surface area contributed by atoms with Gasteiger partial charge in [0, 0.05) is 19.7 Å². The second-order valence-electron chi connectivity index (χ2n) is 4.45. The molecule has 3 heteroatoms. The van der Waals surface area contributed by atoms with Gasteiger partial charge in [0.2, 0.25) is 0 Å². The molecule has 0 bridgehead atoms. The summed E-state index contributed by atoms with van der Waals surface area (Å²) in [5.74, 6) is 0.0688. The third-order valence-corrected chi connectivity index (χ3v) is 2.85. The zero-order valence-corrected chi connectivity index (χ0v) is 10.4. The minimum atomic E-state index is 0.0688. The van der Waals surface area contributed by atoms with Crippen molar-refractivity contribution in [3.05, 3.63) is 53.1 Å². The van der Waals surface area contributed by atoms with Crippen LogP contribution in [0, 0.1) is 13.8 Å². The number of aryl methyl sites for hydroxylation is 3. The number of carbonyl (C=O) groups is 1. The maximum absolute atomic E-state index is 12.0. The van der Waals surface area contributed by atoms with Gasteiger partial charge in [-0.2, -0.15) is 0 Å². The molecule has 0 unspecified atom stereocenters. The van der Waals surface area contributed by atoms with Crippen molar-refractivity contribution in [2.45, 2.75) is 20.3 Å². The molecule has 2 aromatic rings. The monoisotopic (exact) mass is 228 g/mol. The Morgan fingerprint density at radius 2 is 2.12 bits per heavy atom. The molecule has 0 amide bonds. The average Bonchev–Trinajstić information content (AvgIpc) is 2.70. The molecule has 17 heavy (non-hydrogen) atoms. The highest BCUT2D eigenvalue weighted by atomic mass is 16.1. The first kappa shape index (κ1) is 11.6. The molecule has 1 heterocycles. The number of nitrogens with zero attached hydrogens (tertiary/aromatic N) is 2. The SMILES string of the molecule is Cc1ccc(C)c(CC(=O)c2cn(C)cn2)c1. The van der Waals surface area contributed by atoms with Crippen LogP contribution in [0.5, 0.6) is 0 Å². The van der Waals surface area contributed by atoms with Crippen molar-refractivity contribution >= 4 is 5.78 Å². The number of aromatic nitrogens is 2. The first-order valence-electron chi connectivity index (χ1n) is 5.63. The van der Waals surface area contributed by atoms with Crippen LogP contribution in [0.25, 0.3) is 0 Å². The van der Waals surface area contributed by atoms with Gasteiger partial charge in [-0.25, -0.2) is 4.98 Å². The number of rotatable bonds is 3. The molecule has 3 nitrogen and oxygen atoms in total. The summed E-state index contributed by atoms with van der Waals surface area (Å²) in [4.78, 5) is 16.1. The predicted octanol–water partition coefficient (Wildman–Crippen LogP) is 2.46. The van der Waals surface area contributed by atoms with Gasteiger partial charge in [0.05, 0.1) is 6.33 Å². The second-order valence-corrected chi connectivity index (χ2v) is 4.45. The summed E-state index contributed by atoms with van der Waals surface area (Å²) in [6.45, 7) is 4.06. The summed E-state index contributed by atoms with van der Waals surface area (Å²) in [5.41, 5.74) is 3.95. The predicted molar refractivity (Wildman–Crippen MR) is 67.2 cm³/mol. The molecule has 0 radical (unpaired) electrons. The van der Waals surface area contributed by atoms with E-state index in [0.717, 1.165) is 11.1 Å². The molecule has 1 aromatic heterocycles. The highest BCUT2D eigenvalue weighted by Crippen LogP contribution is 2.13. The Hall–Kier alpha value is -1.90. The van der Waals surface area contributed by atoms with Gasteiger partial charge in [0.25, 0.3) is 0 Å². The van der Waals surface area contributed by atoms with E-state index in [9.17, 15) is 4.79 Å². The Bertz CT molecular complexity index is 555. The smallest absolute Gasteiger partial charge is 0.187 e. The lowest BCUT2D eigenvalue weighted by molar-refractivity contribution is 0.0988. The van der Waals surface area contributed by atoms with Gasteiger partial charge in [-0.15, -0.1) is 0 Å². The number of hydrogen-bond acceptors (Lipinski definition) is 2. The number of carbonyl (C=O) groups excluding carboxylic acids is 1. The normalized spacial score (nSPS) is 10.5. The summed E-state index contributed by atoms with van der Waals surface area (Å²) in [6.07, 6.45) is 3.83. The fraction of sp³-hybridized carbons (Fsp3) is 0.286. The third kappa shape index (κ3) is 2.61. The van der Waals surface area contributed by atoms with Gasteiger partial charge >= 0.3 is 0 Å². The molecule has 0 aliphatic carbocycles. The molecule has 0 N–H and O–H groups in total. The maximum atomic E-state index is 12.0. The van der Waals surface area contributed by atoms with Gasteiger partial charge in [0.1, 0.15) is 5.69 Å². The van der Waals surface area contributed by atoms with Gasteiger partial charge in [-0.1, -0.05) is 23.8 Å². The molecule has 1 aromatic carbocycles. The fourth-order valence-corrected chi connectivity index (χ4v) is 1.81. The zero-order chi connectivity index (χ0) is 12.4. The summed E-state index contributed by atoms with van der Waals surface area (Å²) in [6, 6.07) is 6.18. The van der Waals surface area contributed by atoms with E-state index in [1.807, 2.05) is 20.9 Å². The highest BCUT2D eigenvalue weighted by molar-refractivity contribution is 5.95. The Morgan fingerprint density at radius 3 is 2.76 bits per heavy atom. The largest absolute Gasteiger partial charge is 0.340 e. The van der Waals surface area contributed by atoms with Crippen molar-refractivity contribution in [2.24, 2.45) is 7.05 Å². The molecule has 0 aliphatic rings. The molecule has 0 saturated carbocycles. The van der Waals surface area contributed by atoms with E-state index in [0.29, 0.717) is 12.1 Å². The number of hydrogen-bond donors (Lipinski definition) is 0. The summed E-state index contributed by atoms with van der Waals surface area (Å²) in [5, 5.41) is 0. The van der Waals surface area contributed by atoms with Gasteiger partial charge in [0.15, 0.2) is 5.78 Å². The van der Waals surface area contributed by atoms with E-state index in [2.05, 4.69) is 23.2 Å². The topological polar surface area (TPSA) is 34.9 Å². The summed E-state index contributed by atoms with van der Waals surface area (Å²) >= 11 is 0. The highest BCUT2D eigenvalue weighted by Gasteiger charge is 2.11. The van der Waals surface area contributed by atoms with Crippen LogP contribution in [0.15, 0.2) is 30.7 Å². The van der Waals surface area contributed by atoms with Crippen LogP contribution in [0.2, 0.25) is 0 Å². The van der Waals surface area contributed by atoms with Crippen molar-refractivity contribution in [2.75, 3.05) is 0 Å². The minimum Gasteiger partial charge on any atom is -0.340 e. The molecule has 0 atom stereocenters. The molecule has 88 valence electrons. The van der Waals surface area contributed by atoms with Crippen LogP contribution in [-0.4, -0.2) is 15.3 Å². The number of benzene rings is 1. The molecule has 0 spiro atoms. The molecular weight excluding hydrogens is 212 g/mol. The van der Waals surface area contributed by atoms with Crippen LogP contribution in [0.1, 0.15) is 27.2 Å². The summed E-state index contributed by atoms with van der Waals surface area (Å²) < 4.78 is 1.79. The van der Waals surface area contributed by atoms with Crippen LogP contribution in [-0.2, 0) is 13.5 Å². The van der Waals surface area contributed by atoms with Crippen LogP contribution < -0.4 is 0 Å². The molecular formula is C14H16N2O. The van der Waals surface area contributed by atoms with Gasteiger partial charge in [-0.3, -0.25) is 4.79 Å². The molecule has 0 fully saturated rings. The van der Waals surface area contributed by atoms with E-state index in [1.165, 1.54) is 5.56 Å². The van der Waals surface area contributed by atoms with E-state index < -0.39 is 0 Å². The van der Waals surface area contributed by atoms with Crippen LogP contribution >= 0.6 is 0 Å². The second kappa shape index (κ2) is 4.53. The van der Waals surface area contributed by atoms with E-state index in [-0.39, 0.29) is 5.78 Å². The van der Waals surface area contributed by atoms with Crippen molar-refractivity contribution in [1.29, 1.82) is 0 Å². The Morgan fingerprint density at radius 1 is 1.35 bits per heavy atom. The van der Waals surface area contributed by atoms with Crippen molar-refractivity contribution in [3.63, 3.8) is 0 Å². The van der Waals surface area contributed by atoms with Crippen LogP contribution in [0.4, 0.5) is 0 Å². The van der Waals surface area contributed by atoms with Crippen LogP contribution in [0.3, 0.4) is 0 Å². The number of Topliss-reactive ketones (excluding diaryl/α,β-unsaturated/α-hetero) is 1. The van der Waals surface area contributed by atoms with Crippen molar-refractivity contribution in [1.82, 2.24) is 9.55 Å². The molecule has 0 saturated heterocycles. The van der Waals surface area contributed by atoms with E-state index in [1.54, 1.807) is 17.1 Å². The fourth-order valence-electron chi connectivity index (χ4n) is 1.81. The zero-order valence-electron chi connectivity index (χ0n) is 10.4. The maximum Gasteiger partial charge on any atom is 0.187 e. The first-order chi connectivity index (χ1) is 8.06. The first-order valence-corrected chi connectivity index (χ1v) is 5.63. The van der Waals surface area contributed by atoms with E-state index in [4.69, 9.17) is 0 Å².